The molecule has 0 fully saturated rings. The molecule has 1 aliphatic heterocycles. The van der Waals surface area contributed by atoms with Crippen molar-refractivity contribution >= 4 is 34.0 Å². The quantitative estimate of drug-likeness (QED) is 0.630. The lowest BCUT2D eigenvalue weighted by Crippen LogP contribution is -2.21. The van der Waals surface area contributed by atoms with Gasteiger partial charge in [-0.3, -0.25) is 0 Å². The van der Waals surface area contributed by atoms with Crippen molar-refractivity contribution in [1.82, 2.24) is 0 Å². The minimum Gasteiger partial charge on any atom is -0.440 e. The van der Waals surface area contributed by atoms with E-state index in [1.165, 1.54) is 0 Å². The lowest BCUT2D eigenvalue weighted by molar-refractivity contribution is 0.398. The summed E-state index contributed by atoms with van der Waals surface area (Å²) in [6.07, 6.45) is 0. The van der Waals surface area contributed by atoms with Crippen molar-refractivity contribution < 1.29 is 4.74 Å². The zero-order valence-electron chi connectivity index (χ0n) is 13.0. The summed E-state index contributed by atoms with van der Waals surface area (Å²) in [7, 11) is 0. The van der Waals surface area contributed by atoms with Crippen molar-refractivity contribution in [2.45, 2.75) is 5.92 Å². The molecule has 0 saturated heterocycles. The molecule has 4 rings (SSSR count). The molecule has 2 N–H and O–H groups in total. The average Bonchev–Trinajstić information content (AvgIpc) is 2.63. The van der Waals surface area contributed by atoms with Gasteiger partial charge in [-0.1, -0.05) is 71.7 Å². The predicted molar refractivity (Wildman–Crippen MR) is 99.7 cm³/mol. The summed E-state index contributed by atoms with van der Waals surface area (Å²) in [5, 5.41) is 12.5. The van der Waals surface area contributed by atoms with Gasteiger partial charge in [0.1, 0.15) is 17.4 Å². The molecule has 122 valence electrons. The van der Waals surface area contributed by atoms with Crippen LogP contribution in [-0.4, -0.2) is 0 Å². The van der Waals surface area contributed by atoms with Crippen LogP contribution in [0.25, 0.3) is 10.8 Å². The maximum absolute atomic E-state index is 9.65. The largest absolute Gasteiger partial charge is 0.440 e. The fraction of sp³-hybridized carbons (Fsp3) is 0.0500. The van der Waals surface area contributed by atoms with E-state index in [1.807, 2.05) is 48.5 Å². The molecule has 3 aromatic rings. The Morgan fingerprint density at radius 2 is 1.76 bits per heavy atom. The van der Waals surface area contributed by atoms with Gasteiger partial charge in [0.2, 0.25) is 5.88 Å². The molecule has 0 amide bonds. The van der Waals surface area contributed by atoms with Gasteiger partial charge in [-0.2, -0.15) is 5.26 Å². The van der Waals surface area contributed by atoms with Gasteiger partial charge in [0, 0.05) is 10.9 Å². The zero-order valence-corrected chi connectivity index (χ0v) is 14.5. The van der Waals surface area contributed by atoms with Crippen LogP contribution in [0.2, 0.25) is 10.0 Å². The molecule has 3 aromatic carbocycles. The monoisotopic (exact) mass is 366 g/mol. The molecule has 0 saturated carbocycles. The molecule has 0 aliphatic carbocycles. The first-order chi connectivity index (χ1) is 12.1. The van der Waals surface area contributed by atoms with E-state index in [0.717, 1.165) is 21.9 Å². The van der Waals surface area contributed by atoms with Crippen LogP contribution in [0.5, 0.6) is 5.75 Å². The van der Waals surface area contributed by atoms with Crippen LogP contribution in [0.4, 0.5) is 0 Å². The van der Waals surface area contributed by atoms with Crippen molar-refractivity contribution in [3.63, 3.8) is 0 Å². The summed E-state index contributed by atoms with van der Waals surface area (Å²) in [6.45, 7) is 0. The molecule has 0 aromatic heterocycles. The van der Waals surface area contributed by atoms with Crippen molar-refractivity contribution in [2.75, 3.05) is 0 Å². The summed E-state index contributed by atoms with van der Waals surface area (Å²) in [6, 6.07) is 19.4. The average molecular weight is 367 g/mol. The molecule has 0 unspecified atom stereocenters. The van der Waals surface area contributed by atoms with E-state index < -0.39 is 5.92 Å². The molecule has 3 nitrogen and oxygen atoms in total. The molecular weight excluding hydrogens is 355 g/mol. The highest BCUT2D eigenvalue weighted by Crippen LogP contribution is 2.47. The number of allylic oxidation sites excluding steroid dienone is 1. The second-order valence-electron chi connectivity index (χ2n) is 5.77. The third kappa shape index (κ3) is 2.42. The lowest BCUT2D eigenvalue weighted by Gasteiger charge is -2.28. The number of benzene rings is 3. The molecule has 0 spiro atoms. The Morgan fingerprint density at radius 1 is 0.960 bits per heavy atom. The van der Waals surface area contributed by atoms with Gasteiger partial charge in [0.15, 0.2) is 0 Å². The molecular formula is C20H12Cl2N2O. The Balaban J connectivity index is 2.05. The summed E-state index contributed by atoms with van der Waals surface area (Å²) < 4.78 is 5.83. The Kier molecular flexibility index (Phi) is 3.80. The van der Waals surface area contributed by atoms with Crippen LogP contribution >= 0.6 is 23.2 Å². The minimum absolute atomic E-state index is 0.0902. The Bertz CT molecular complexity index is 1080. The zero-order chi connectivity index (χ0) is 17.6. The number of hydrogen-bond acceptors (Lipinski definition) is 3. The molecule has 25 heavy (non-hydrogen) atoms. The number of nitrogens with two attached hydrogens (primary N) is 1. The van der Waals surface area contributed by atoms with Crippen molar-refractivity contribution in [1.29, 1.82) is 5.26 Å². The van der Waals surface area contributed by atoms with Gasteiger partial charge in [0.25, 0.3) is 0 Å². The summed E-state index contributed by atoms with van der Waals surface area (Å²) in [4.78, 5) is 0. The maximum atomic E-state index is 9.65. The van der Waals surface area contributed by atoms with Gasteiger partial charge in [-0.15, -0.1) is 0 Å². The Hall–Kier alpha value is -2.67. The second-order valence-corrected chi connectivity index (χ2v) is 6.56. The lowest BCUT2D eigenvalue weighted by atomic mass is 9.82. The number of nitriles is 1. The number of rotatable bonds is 1. The van der Waals surface area contributed by atoms with Crippen LogP contribution in [-0.2, 0) is 0 Å². The Labute approximate surface area is 154 Å². The molecule has 1 atom stereocenters. The highest BCUT2D eigenvalue weighted by Gasteiger charge is 2.33. The van der Waals surface area contributed by atoms with Gasteiger partial charge in [-0.05, 0) is 17.0 Å². The smallest absolute Gasteiger partial charge is 0.205 e. The van der Waals surface area contributed by atoms with Crippen LogP contribution in [0.1, 0.15) is 17.0 Å². The maximum Gasteiger partial charge on any atom is 0.205 e. The topological polar surface area (TPSA) is 59.0 Å². The van der Waals surface area contributed by atoms with Crippen LogP contribution in [0, 0.1) is 11.3 Å². The number of hydrogen-bond donors (Lipinski definition) is 1. The molecule has 1 heterocycles. The second kappa shape index (κ2) is 6.00. The van der Waals surface area contributed by atoms with Crippen LogP contribution in [0.15, 0.2) is 66.1 Å². The number of nitrogens with zero attached hydrogens (tertiary/aromatic N) is 1. The predicted octanol–water partition coefficient (Wildman–Crippen LogP) is 5.36. The van der Waals surface area contributed by atoms with E-state index in [4.69, 9.17) is 33.7 Å². The molecule has 1 aliphatic rings. The van der Waals surface area contributed by atoms with E-state index in [0.29, 0.717) is 21.4 Å². The molecule has 0 bridgehead atoms. The van der Waals surface area contributed by atoms with E-state index in [-0.39, 0.29) is 5.88 Å². The van der Waals surface area contributed by atoms with E-state index in [2.05, 4.69) is 6.07 Å². The number of halogens is 2. The first-order valence-electron chi connectivity index (χ1n) is 7.65. The Morgan fingerprint density at radius 3 is 2.56 bits per heavy atom. The van der Waals surface area contributed by atoms with Crippen molar-refractivity contribution in [3.05, 3.63) is 87.2 Å². The number of ether oxygens (including phenoxy) is 1. The summed E-state index contributed by atoms with van der Waals surface area (Å²) >= 11 is 12.6. The highest BCUT2D eigenvalue weighted by atomic mass is 35.5. The molecule has 0 radical (unpaired) electrons. The highest BCUT2D eigenvalue weighted by molar-refractivity contribution is 6.42. The van der Waals surface area contributed by atoms with Gasteiger partial charge < -0.3 is 10.5 Å². The third-order valence-electron chi connectivity index (χ3n) is 4.40. The standard InChI is InChI=1S/C20H12Cl2N2O/c21-16-7-3-6-13(18(16)22)17-14-9-8-11-4-1-2-5-12(11)19(14)25-20(24)15(17)10-23/h1-9,17H,24H2/t17-/m1/s1. The van der Waals surface area contributed by atoms with E-state index in [9.17, 15) is 5.26 Å². The summed E-state index contributed by atoms with van der Waals surface area (Å²) in [5.41, 5.74) is 7.97. The third-order valence-corrected chi connectivity index (χ3v) is 5.23. The minimum atomic E-state index is -0.426. The van der Waals surface area contributed by atoms with Gasteiger partial charge in [0.05, 0.1) is 16.0 Å². The van der Waals surface area contributed by atoms with Gasteiger partial charge in [-0.25, -0.2) is 0 Å². The summed E-state index contributed by atoms with van der Waals surface area (Å²) in [5.74, 6) is 0.313. The number of fused-ring (bicyclic) bond motifs is 3. The van der Waals surface area contributed by atoms with E-state index in [1.54, 1.807) is 6.07 Å². The molecule has 5 heteroatoms. The van der Waals surface area contributed by atoms with Crippen LogP contribution in [0.3, 0.4) is 0 Å². The van der Waals surface area contributed by atoms with Crippen LogP contribution < -0.4 is 10.5 Å². The first kappa shape index (κ1) is 15.8. The van der Waals surface area contributed by atoms with E-state index >= 15 is 0 Å². The van der Waals surface area contributed by atoms with Crippen molar-refractivity contribution in [2.24, 2.45) is 5.73 Å². The fourth-order valence-electron chi connectivity index (χ4n) is 3.25. The van der Waals surface area contributed by atoms with Gasteiger partial charge >= 0.3 is 0 Å². The fourth-order valence-corrected chi connectivity index (χ4v) is 3.67. The SMILES string of the molecule is N#CC1=C(N)Oc2c(ccc3ccccc23)[C@H]1c1cccc(Cl)c1Cl. The van der Waals surface area contributed by atoms with Crippen molar-refractivity contribution in [3.8, 4) is 11.8 Å². The normalized spacial score (nSPS) is 16.3. The first-order valence-corrected chi connectivity index (χ1v) is 8.40.